The highest BCUT2D eigenvalue weighted by atomic mass is 35.5. The quantitative estimate of drug-likeness (QED) is 0.655. The average molecular weight is 426 g/mol. The summed E-state index contributed by atoms with van der Waals surface area (Å²) in [5, 5.41) is 7.46. The lowest BCUT2D eigenvalue weighted by atomic mass is 10.1. The van der Waals surface area contributed by atoms with Crippen LogP contribution >= 0.6 is 11.6 Å². The van der Waals surface area contributed by atoms with Gasteiger partial charge in [-0.3, -0.25) is 9.59 Å². The minimum Gasteiger partial charge on any atom is -0.495 e. The normalized spacial score (nSPS) is 16.0. The lowest BCUT2D eigenvalue weighted by Gasteiger charge is -2.20. The summed E-state index contributed by atoms with van der Waals surface area (Å²) in [5.41, 5.74) is 2.28. The molecule has 0 aliphatic carbocycles. The van der Waals surface area contributed by atoms with Gasteiger partial charge in [-0.1, -0.05) is 23.7 Å². The third-order valence-corrected chi connectivity index (χ3v) is 5.20. The second-order valence-corrected chi connectivity index (χ2v) is 7.44. The highest BCUT2D eigenvalue weighted by Gasteiger charge is 2.36. The summed E-state index contributed by atoms with van der Waals surface area (Å²) in [5.74, 6) is -0.262. The van der Waals surface area contributed by atoms with Crippen molar-refractivity contribution in [2.24, 2.45) is 5.92 Å². The smallest absolute Gasteiger partial charge is 0.229 e. The third kappa shape index (κ3) is 4.28. The molecule has 2 heterocycles. The van der Waals surface area contributed by atoms with Gasteiger partial charge in [-0.2, -0.15) is 5.10 Å². The Morgan fingerprint density at radius 3 is 2.77 bits per heavy atom. The number of nitrogens with zero attached hydrogens (tertiary/aromatic N) is 4. The van der Waals surface area contributed by atoms with E-state index in [1.165, 1.54) is 13.4 Å². The van der Waals surface area contributed by atoms with Crippen LogP contribution in [0, 0.1) is 5.92 Å². The molecule has 9 heteroatoms. The van der Waals surface area contributed by atoms with Crippen molar-refractivity contribution in [3.05, 3.63) is 65.7 Å². The fourth-order valence-corrected chi connectivity index (χ4v) is 3.60. The molecular formula is C21H20ClN5O3. The number of benzene rings is 2. The van der Waals surface area contributed by atoms with Gasteiger partial charge in [0, 0.05) is 23.7 Å². The van der Waals surface area contributed by atoms with Crippen LogP contribution in [0.2, 0.25) is 5.02 Å². The maximum Gasteiger partial charge on any atom is 0.229 e. The van der Waals surface area contributed by atoms with Crippen LogP contribution in [-0.2, 0) is 16.1 Å². The number of aromatic nitrogens is 3. The van der Waals surface area contributed by atoms with Crippen LogP contribution in [0.5, 0.6) is 5.75 Å². The van der Waals surface area contributed by atoms with Crippen LogP contribution in [0.25, 0.3) is 0 Å². The summed E-state index contributed by atoms with van der Waals surface area (Å²) in [6, 6.07) is 12.6. The molecule has 3 aromatic rings. The number of amides is 2. The van der Waals surface area contributed by atoms with Gasteiger partial charge in [-0.05, 0) is 35.9 Å². The Kier molecular flexibility index (Phi) is 5.67. The van der Waals surface area contributed by atoms with Crippen molar-refractivity contribution in [1.82, 2.24) is 14.8 Å². The van der Waals surface area contributed by atoms with Crippen molar-refractivity contribution >= 4 is 34.8 Å². The predicted octanol–water partition coefficient (Wildman–Crippen LogP) is 2.98. The van der Waals surface area contributed by atoms with Gasteiger partial charge in [-0.25, -0.2) is 9.67 Å². The average Bonchev–Trinajstić information content (AvgIpc) is 3.39. The molecule has 0 bridgehead atoms. The summed E-state index contributed by atoms with van der Waals surface area (Å²) in [4.78, 5) is 30.8. The molecule has 0 saturated carbocycles. The van der Waals surface area contributed by atoms with Crippen molar-refractivity contribution in [2.75, 3.05) is 23.9 Å². The second-order valence-electron chi connectivity index (χ2n) is 7.00. The van der Waals surface area contributed by atoms with E-state index in [9.17, 15) is 9.59 Å². The van der Waals surface area contributed by atoms with Crippen molar-refractivity contribution < 1.29 is 14.3 Å². The molecule has 30 heavy (non-hydrogen) atoms. The van der Waals surface area contributed by atoms with Gasteiger partial charge >= 0.3 is 0 Å². The van der Waals surface area contributed by atoms with Gasteiger partial charge in [0.15, 0.2) is 0 Å². The molecule has 8 nitrogen and oxygen atoms in total. The lowest BCUT2D eigenvalue weighted by molar-refractivity contribution is -0.122. The zero-order valence-corrected chi connectivity index (χ0v) is 17.0. The second kappa shape index (κ2) is 8.54. The minimum atomic E-state index is -0.462. The molecule has 1 aromatic heterocycles. The summed E-state index contributed by atoms with van der Waals surface area (Å²) >= 11 is 6.08. The summed E-state index contributed by atoms with van der Waals surface area (Å²) in [6.07, 6.45) is 3.26. The number of halogens is 1. The zero-order valence-electron chi connectivity index (χ0n) is 16.3. The Hall–Kier alpha value is -3.39. The van der Waals surface area contributed by atoms with Gasteiger partial charge in [0.25, 0.3) is 0 Å². The molecule has 1 unspecified atom stereocenters. The Bertz CT molecular complexity index is 1050. The van der Waals surface area contributed by atoms with Crippen molar-refractivity contribution in [2.45, 2.75) is 13.0 Å². The van der Waals surface area contributed by atoms with E-state index in [-0.39, 0.29) is 24.8 Å². The van der Waals surface area contributed by atoms with E-state index in [0.29, 0.717) is 28.7 Å². The highest BCUT2D eigenvalue weighted by molar-refractivity contribution is 6.31. The zero-order chi connectivity index (χ0) is 21.1. The number of hydrogen-bond acceptors (Lipinski definition) is 5. The van der Waals surface area contributed by atoms with Crippen molar-refractivity contribution in [1.29, 1.82) is 0 Å². The van der Waals surface area contributed by atoms with E-state index in [0.717, 1.165) is 5.56 Å². The standard InChI is InChI=1S/C21H20ClN5O3/c1-30-19-7-4-16(22)9-18(19)27-11-15(8-20(27)28)21(29)25-17-5-2-14(3-6-17)10-26-13-23-12-24-26/h2-7,9,12-13,15H,8,10-11H2,1H3,(H,25,29). The molecule has 1 fully saturated rings. The Morgan fingerprint density at radius 1 is 1.27 bits per heavy atom. The molecule has 2 aromatic carbocycles. The predicted molar refractivity (Wildman–Crippen MR) is 113 cm³/mol. The van der Waals surface area contributed by atoms with Crippen LogP contribution in [0.4, 0.5) is 11.4 Å². The largest absolute Gasteiger partial charge is 0.495 e. The topological polar surface area (TPSA) is 89.3 Å². The molecule has 154 valence electrons. The first kappa shape index (κ1) is 19.9. The van der Waals surface area contributed by atoms with Crippen molar-refractivity contribution in [3.63, 3.8) is 0 Å². The number of rotatable bonds is 6. The fourth-order valence-electron chi connectivity index (χ4n) is 3.43. The van der Waals surface area contributed by atoms with Crippen LogP contribution < -0.4 is 15.0 Å². The van der Waals surface area contributed by atoms with Crippen LogP contribution in [0.3, 0.4) is 0 Å². The number of nitrogens with one attached hydrogen (secondary N) is 1. The van der Waals surface area contributed by atoms with Gasteiger partial charge in [0.05, 0.1) is 25.3 Å². The number of anilines is 2. The first-order valence-electron chi connectivity index (χ1n) is 9.39. The van der Waals surface area contributed by atoms with E-state index < -0.39 is 5.92 Å². The molecule has 2 amide bonds. The maximum atomic E-state index is 12.7. The summed E-state index contributed by atoms with van der Waals surface area (Å²) in [6.45, 7) is 0.869. The molecular weight excluding hydrogens is 406 g/mol. The van der Waals surface area contributed by atoms with E-state index in [2.05, 4.69) is 15.4 Å². The molecule has 1 atom stereocenters. The van der Waals surface area contributed by atoms with Gasteiger partial charge in [-0.15, -0.1) is 0 Å². The lowest BCUT2D eigenvalue weighted by Crippen LogP contribution is -2.28. The van der Waals surface area contributed by atoms with Gasteiger partial charge in [0.2, 0.25) is 11.8 Å². The number of ether oxygens (including phenoxy) is 1. The van der Waals surface area contributed by atoms with Gasteiger partial charge < -0.3 is 15.0 Å². The Labute approximate surface area is 178 Å². The number of carbonyl (C=O) groups is 2. The number of hydrogen-bond donors (Lipinski definition) is 1. The van der Waals surface area contributed by atoms with Crippen molar-refractivity contribution in [3.8, 4) is 5.75 Å². The highest BCUT2D eigenvalue weighted by Crippen LogP contribution is 2.35. The summed E-state index contributed by atoms with van der Waals surface area (Å²) < 4.78 is 7.06. The monoisotopic (exact) mass is 425 g/mol. The molecule has 1 N–H and O–H groups in total. The number of methoxy groups -OCH3 is 1. The van der Waals surface area contributed by atoms with E-state index >= 15 is 0 Å². The fraction of sp³-hybridized carbons (Fsp3) is 0.238. The molecule has 1 saturated heterocycles. The molecule has 1 aliphatic heterocycles. The molecule has 0 radical (unpaired) electrons. The van der Waals surface area contributed by atoms with Crippen LogP contribution in [0.15, 0.2) is 55.1 Å². The SMILES string of the molecule is COc1ccc(Cl)cc1N1CC(C(=O)Nc2ccc(Cn3cncn3)cc2)CC1=O. The molecule has 1 aliphatic rings. The van der Waals surface area contributed by atoms with E-state index in [1.54, 1.807) is 34.1 Å². The first-order valence-corrected chi connectivity index (χ1v) is 9.77. The van der Waals surface area contributed by atoms with Gasteiger partial charge in [0.1, 0.15) is 18.4 Å². The Balaban J connectivity index is 1.41. The van der Waals surface area contributed by atoms with E-state index in [1.807, 2.05) is 24.3 Å². The third-order valence-electron chi connectivity index (χ3n) is 4.96. The summed E-state index contributed by atoms with van der Waals surface area (Å²) in [7, 11) is 1.53. The van der Waals surface area contributed by atoms with E-state index in [4.69, 9.17) is 16.3 Å². The molecule has 4 rings (SSSR count). The van der Waals surface area contributed by atoms with Crippen LogP contribution in [0.1, 0.15) is 12.0 Å². The minimum absolute atomic E-state index is 0.131. The maximum absolute atomic E-state index is 12.7. The molecule has 0 spiro atoms. The van der Waals surface area contributed by atoms with Crippen LogP contribution in [-0.4, -0.2) is 40.2 Å². The number of carbonyl (C=O) groups excluding carboxylic acids is 2. The first-order chi connectivity index (χ1) is 14.5. The Morgan fingerprint density at radius 2 is 2.07 bits per heavy atom.